The molecule has 8 heteroatoms. The first-order valence-electron chi connectivity index (χ1n) is 11.9. The predicted molar refractivity (Wildman–Crippen MR) is 127 cm³/mol. The standard InChI is InChI=1S/C25H38O7Si/c1-6-7-22-8-10-23(11-9-22)24-12-14-25(15-13-24)29-16-18(2)17-33(30-19(3)26,31-20(4)27)32-21(5)28/h12-15,18,22-23H,6-11,16-17H2,1-5H3. The molecule has 184 valence electrons. The Labute approximate surface area is 198 Å². The molecule has 1 aliphatic carbocycles. The van der Waals surface area contributed by atoms with E-state index in [0.29, 0.717) is 12.5 Å². The third-order valence-electron chi connectivity index (χ3n) is 5.93. The van der Waals surface area contributed by atoms with E-state index in [0.717, 1.165) is 11.7 Å². The van der Waals surface area contributed by atoms with Crippen LogP contribution in [0.3, 0.4) is 0 Å². The van der Waals surface area contributed by atoms with Gasteiger partial charge in [0.25, 0.3) is 17.9 Å². The number of carbonyl (C=O) groups is 3. The first-order valence-corrected chi connectivity index (χ1v) is 13.9. The summed E-state index contributed by atoms with van der Waals surface area (Å²) in [5.74, 6) is 0.0453. The quantitative estimate of drug-likeness (QED) is 0.393. The Kier molecular flexibility index (Phi) is 10.4. The van der Waals surface area contributed by atoms with Crippen LogP contribution in [0.2, 0.25) is 6.04 Å². The number of hydrogen-bond donors (Lipinski definition) is 0. The molecule has 2 rings (SSSR count). The Balaban J connectivity index is 1.94. The van der Waals surface area contributed by atoms with Gasteiger partial charge in [0.1, 0.15) is 5.75 Å². The lowest BCUT2D eigenvalue weighted by Crippen LogP contribution is -2.50. The summed E-state index contributed by atoms with van der Waals surface area (Å²) in [6.07, 6.45) is 7.73. The van der Waals surface area contributed by atoms with Crippen LogP contribution in [0, 0.1) is 11.8 Å². The lowest BCUT2D eigenvalue weighted by Gasteiger charge is -2.29. The molecule has 0 amide bonds. The van der Waals surface area contributed by atoms with E-state index in [1.165, 1.54) is 64.9 Å². The fourth-order valence-electron chi connectivity index (χ4n) is 4.60. The van der Waals surface area contributed by atoms with Gasteiger partial charge in [0.15, 0.2) is 0 Å². The molecule has 1 atom stereocenters. The molecule has 0 N–H and O–H groups in total. The van der Waals surface area contributed by atoms with Gasteiger partial charge in [0.05, 0.1) is 12.7 Å². The summed E-state index contributed by atoms with van der Waals surface area (Å²) in [7, 11) is -3.86. The maximum absolute atomic E-state index is 11.6. The van der Waals surface area contributed by atoms with Crippen molar-refractivity contribution in [2.24, 2.45) is 11.8 Å². The van der Waals surface area contributed by atoms with Gasteiger partial charge in [-0.15, -0.1) is 0 Å². The second-order valence-corrected chi connectivity index (χ2v) is 11.5. The van der Waals surface area contributed by atoms with E-state index >= 15 is 0 Å². The second-order valence-electron chi connectivity index (χ2n) is 9.16. The fraction of sp³-hybridized carbons (Fsp3) is 0.640. The average molecular weight is 479 g/mol. The summed E-state index contributed by atoms with van der Waals surface area (Å²) < 4.78 is 21.7. The highest BCUT2D eigenvalue weighted by atomic mass is 28.4. The third-order valence-corrected chi connectivity index (χ3v) is 8.92. The van der Waals surface area contributed by atoms with E-state index in [1.807, 2.05) is 19.1 Å². The van der Waals surface area contributed by atoms with E-state index < -0.39 is 26.7 Å². The van der Waals surface area contributed by atoms with E-state index in [2.05, 4.69) is 19.1 Å². The molecule has 0 heterocycles. The molecular formula is C25H38O7Si. The Morgan fingerprint density at radius 3 is 1.88 bits per heavy atom. The topological polar surface area (TPSA) is 88.1 Å². The van der Waals surface area contributed by atoms with Gasteiger partial charge in [-0.2, -0.15) is 0 Å². The maximum atomic E-state index is 11.6. The van der Waals surface area contributed by atoms with Gasteiger partial charge in [0.2, 0.25) is 0 Å². The number of rotatable bonds is 11. The molecule has 0 aliphatic heterocycles. The van der Waals surface area contributed by atoms with Gasteiger partial charge in [-0.25, -0.2) is 0 Å². The zero-order valence-electron chi connectivity index (χ0n) is 20.6. The van der Waals surface area contributed by atoms with Crippen molar-refractivity contribution in [1.82, 2.24) is 0 Å². The van der Waals surface area contributed by atoms with Crippen molar-refractivity contribution in [2.75, 3.05) is 6.61 Å². The SMILES string of the molecule is CCCC1CCC(c2ccc(OCC(C)C[Si](OC(C)=O)(OC(C)=O)OC(C)=O)cc2)CC1. The van der Waals surface area contributed by atoms with Crippen LogP contribution < -0.4 is 4.74 Å². The van der Waals surface area contributed by atoms with Crippen LogP contribution in [-0.4, -0.2) is 33.3 Å². The molecule has 1 aromatic carbocycles. The van der Waals surface area contributed by atoms with Crippen molar-refractivity contribution in [3.8, 4) is 5.75 Å². The van der Waals surface area contributed by atoms with E-state index in [4.69, 9.17) is 18.0 Å². The predicted octanol–water partition coefficient (Wildman–Crippen LogP) is 5.40. The Bertz CT molecular complexity index is 744. The monoisotopic (exact) mass is 478 g/mol. The summed E-state index contributed by atoms with van der Waals surface area (Å²) in [4.78, 5) is 34.8. The molecule has 33 heavy (non-hydrogen) atoms. The van der Waals surface area contributed by atoms with Crippen molar-refractivity contribution < 1.29 is 32.4 Å². The van der Waals surface area contributed by atoms with Crippen LogP contribution in [0.15, 0.2) is 24.3 Å². The molecular weight excluding hydrogens is 440 g/mol. The van der Waals surface area contributed by atoms with Gasteiger partial charge in [0, 0.05) is 20.8 Å². The molecule has 0 spiro atoms. The smallest absolute Gasteiger partial charge is 0.493 e. The fourth-order valence-corrected chi connectivity index (χ4v) is 7.26. The highest BCUT2D eigenvalue weighted by Gasteiger charge is 2.52. The lowest BCUT2D eigenvalue weighted by atomic mass is 9.77. The van der Waals surface area contributed by atoms with Crippen LogP contribution in [0.4, 0.5) is 0 Å². The largest absolute Gasteiger partial charge is 0.705 e. The van der Waals surface area contributed by atoms with Crippen LogP contribution >= 0.6 is 0 Å². The summed E-state index contributed by atoms with van der Waals surface area (Å²) >= 11 is 0. The second kappa shape index (κ2) is 12.8. The van der Waals surface area contributed by atoms with Crippen LogP contribution in [-0.2, 0) is 27.7 Å². The summed E-state index contributed by atoms with van der Waals surface area (Å²) in [6.45, 7) is 7.98. The van der Waals surface area contributed by atoms with Gasteiger partial charge < -0.3 is 18.0 Å². The zero-order chi connectivity index (χ0) is 24.4. The van der Waals surface area contributed by atoms with Gasteiger partial charge >= 0.3 is 8.80 Å². The normalized spacial score (nSPS) is 19.3. The summed E-state index contributed by atoms with van der Waals surface area (Å²) in [6, 6.07) is 8.33. The highest BCUT2D eigenvalue weighted by molar-refractivity contribution is 6.65. The molecule has 1 unspecified atom stereocenters. The minimum atomic E-state index is -3.86. The molecule has 1 aliphatic rings. The van der Waals surface area contributed by atoms with Crippen LogP contribution in [0.5, 0.6) is 5.75 Å². The number of benzene rings is 1. The zero-order valence-corrected chi connectivity index (χ0v) is 21.6. The average Bonchev–Trinajstić information content (AvgIpc) is 2.72. The minimum absolute atomic E-state index is 0.0881. The van der Waals surface area contributed by atoms with Crippen LogP contribution in [0.1, 0.15) is 84.6 Å². The molecule has 0 saturated heterocycles. The molecule has 0 bridgehead atoms. The number of hydrogen-bond acceptors (Lipinski definition) is 7. The van der Waals surface area contributed by atoms with E-state index in [1.54, 1.807) is 0 Å². The van der Waals surface area contributed by atoms with Gasteiger partial charge in [-0.05, 0) is 61.1 Å². The van der Waals surface area contributed by atoms with Crippen molar-refractivity contribution >= 4 is 26.7 Å². The van der Waals surface area contributed by atoms with Crippen molar-refractivity contribution in [2.45, 2.75) is 85.1 Å². The number of ether oxygens (including phenoxy) is 1. The summed E-state index contributed by atoms with van der Waals surface area (Å²) in [5, 5.41) is 0. The number of carbonyl (C=O) groups excluding carboxylic acids is 3. The molecule has 0 aromatic heterocycles. The van der Waals surface area contributed by atoms with Gasteiger partial charge in [-0.1, -0.05) is 38.8 Å². The molecule has 1 fully saturated rings. The summed E-state index contributed by atoms with van der Waals surface area (Å²) in [5.41, 5.74) is 1.36. The van der Waals surface area contributed by atoms with Crippen LogP contribution in [0.25, 0.3) is 0 Å². The highest BCUT2D eigenvalue weighted by Crippen LogP contribution is 2.38. The first-order chi connectivity index (χ1) is 15.6. The Hall–Kier alpha value is -2.35. The molecule has 7 nitrogen and oxygen atoms in total. The molecule has 0 radical (unpaired) electrons. The van der Waals surface area contributed by atoms with Crippen molar-refractivity contribution in [3.63, 3.8) is 0 Å². The first kappa shape index (κ1) is 26.9. The Morgan fingerprint density at radius 1 is 0.909 bits per heavy atom. The molecule has 1 aromatic rings. The van der Waals surface area contributed by atoms with E-state index in [9.17, 15) is 14.4 Å². The van der Waals surface area contributed by atoms with Crippen molar-refractivity contribution in [1.29, 1.82) is 0 Å². The Morgan fingerprint density at radius 2 is 1.42 bits per heavy atom. The van der Waals surface area contributed by atoms with E-state index in [-0.39, 0.29) is 12.0 Å². The minimum Gasteiger partial charge on any atom is -0.493 e. The maximum Gasteiger partial charge on any atom is 0.705 e. The third kappa shape index (κ3) is 9.19. The van der Waals surface area contributed by atoms with Gasteiger partial charge in [-0.3, -0.25) is 14.4 Å². The lowest BCUT2D eigenvalue weighted by molar-refractivity contribution is -0.148. The molecule has 1 saturated carbocycles. The van der Waals surface area contributed by atoms with Crippen molar-refractivity contribution in [3.05, 3.63) is 29.8 Å².